The fourth-order valence-electron chi connectivity index (χ4n) is 2.52. The van der Waals surface area contributed by atoms with Gasteiger partial charge in [-0.1, -0.05) is 12.1 Å². The van der Waals surface area contributed by atoms with E-state index in [-0.39, 0.29) is 11.4 Å². The molecule has 0 saturated heterocycles. The van der Waals surface area contributed by atoms with Crippen molar-refractivity contribution in [2.45, 2.75) is 0 Å². The van der Waals surface area contributed by atoms with Gasteiger partial charge in [-0.2, -0.15) is 5.26 Å². The number of fused-ring (bicyclic) bond motifs is 1. The molecule has 0 unspecified atom stereocenters. The summed E-state index contributed by atoms with van der Waals surface area (Å²) in [4.78, 5) is 13.0. The van der Waals surface area contributed by atoms with Crippen LogP contribution in [0.15, 0.2) is 61.1 Å². The number of hydrogen-bond acceptors (Lipinski definition) is 6. The molecule has 7 nitrogen and oxygen atoms in total. The lowest BCUT2D eigenvalue weighted by Crippen LogP contribution is -2.10. The number of anilines is 1. The SMILES string of the molecule is N#Cc1ncc(Nn2cnc3ccccc32)nc1-c1ccc(O)cc1. The summed E-state index contributed by atoms with van der Waals surface area (Å²) >= 11 is 0. The van der Waals surface area contributed by atoms with Gasteiger partial charge in [0, 0.05) is 5.56 Å². The van der Waals surface area contributed by atoms with E-state index in [4.69, 9.17) is 0 Å². The van der Waals surface area contributed by atoms with Crippen molar-refractivity contribution in [2.75, 3.05) is 5.43 Å². The first-order valence-electron chi connectivity index (χ1n) is 7.50. The van der Waals surface area contributed by atoms with Crippen LogP contribution in [0.3, 0.4) is 0 Å². The van der Waals surface area contributed by atoms with Gasteiger partial charge < -0.3 is 5.11 Å². The number of aromatic hydroxyl groups is 1. The fraction of sp³-hybridized carbons (Fsp3) is 0. The molecule has 0 saturated carbocycles. The van der Waals surface area contributed by atoms with Gasteiger partial charge in [-0.15, -0.1) is 0 Å². The quantitative estimate of drug-likeness (QED) is 0.600. The van der Waals surface area contributed by atoms with Crippen molar-refractivity contribution in [1.82, 2.24) is 19.6 Å². The highest BCUT2D eigenvalue weighted by atomic mass is 16.3. The van der Waals surface area contributed by atoms with E-state index in [1.54, 1.807) is 35.3 Å². The molecule has 0 atom stereocenters. The molecule has 25 heavy (non-hydrogen) atoms. The molecule has 0 radical (unpaired) electrons. The molecule has 4 aromatic rings. The van der Waals surface area contributed by atoms with Crippen molar-refractivity contribution in [3.05, 3.63) is 66.7 Å². The highest BCUT2D eigenvalue weighted by molar-refractivity contribution is 5.76. The maximum absolute atomic E-state index is 9.43. The van der Waals surface area contributed by atoms with Crippen molar-refractivity contribution in [1.29, 1.82) is 5.26 Å². The van der Waals surface area contributed by atoms with Crippen LogP contribution >= 0.6 is 0 Å². The van der Waals surface area contributed by atoms with Crippen molar-refractivity contribution in [2.24, 2.45) is 0 Å². The van der Waals surface area contributed by atoms with Gasteiger partial charge in [-0.05, 0) is 36.4 Å². The lowest BCUT2D eigenvalue weighted by molar-refractivity contribution is 0.475. The van der Waals surface area contributed by atoms with E-state index in [2.05, 4.69) is 20.4 Å². The first kappa shape index (κ1) is 14.7. The summed E-state index contributed by atoms with van der Waals surface area (Å²) in [6.07, 6.45) is 3.15. The zero-order valence-corrected chi connectivity index (χ0v) is 13.0. The van der Waals surface area contributed by atoms with E-state index in [1.807, 2.05) is 30.3 Å². The minimum absolute atomic E-state index is 0.148. The molecule has 0 aliphatic carbocycles. The molecule has 0 fully saturated rings. The first-order valence-corrected chi connectivity index (χ1v) is 7.50. The standard InChI is InChI=1S/C18H12N6O/c19-9-15-18(12-5-7-13(25)8-6-12)22-17(10-20-15)23-24-11-21-14-3-1-2-4-16(14)24/h1-8,10-11,25H,(H,22,23). The maximum atomic E-state index is 9.43. The minimum atomic E-state index is 0.148. The molecular formula is C18H12N6O. The number of hydrogen-bond donors (Lipinski definition) is 2. The molecule has 2 heterocycles. The number of nitriles is 1. The number of nitrogens with zero attached hydrogens (tertiary/aromatic N) is 5. The Labute approximate surface area is 142 Å². The summed E-state index contributed by atoms with van der Waals surface area (Å²) in [6.45, 7) is 0. The van der Waals surface area contributed by atoms with Crippen LogP contribution in [0.25, 0.3) is 22.3 Å². The third kappa shape index (κ3) is 2.72. The first-order chi connectivity index (χ1) is 12.2. The summed E-state index contributed by atoms with van der Waals surface area (Å²) in [5.74, 6) is 0.625. The van der Waals surface area contributed by atoms with Crippen LogP contribution in [0.5, 0.6) is 5.75 Å². The Balaban J connectivity index is 1.75. The van der Waals surface area contributed by atoms with Gasteiger partial charge in [-0.3, -0.25) is 5.43 Å². The highest BCUT2D eigenvalue weighted by Crippen LogP contribution is 2.24. The molecule has 0 aliphatic heterocycles. The van der Waals surface area contributed by atoms with Crippen LogP contribution in [0.4, 0.5) is 5.82 Å². The van der Waals surface area contributed by atoms with Gasteiger partial charge in [0.15, 0.2) is 11.5 Å². The number of benzene rings is 2. The molecule has 7 heteroatoms. The summed E-state index contributed by atoms with van der Waals surface area (Å²) < 4.78 is 1.74. The second-order valence-corrected chi connectivity index (χ2v) is 5.33. The Morgan fingerprint density at radius 1 is 1.04 bits per heavy atom. The van der Waals surface area contributed by atoms with Crippen molar-refractivity contribution < 1.29 is 5.11 Å². The lowest BCUT2D eigenvalue weighted by atomic mass is 10.1. The number of aromatic nitrogens is 4. The van der Waals surface area contributed by atoms with E-state index in [9.17, 15) is 10.4 Å². The maximum Gasteiger partial charge on any atom is 0.166 e. The molecule has 2 N–H and O–H groups in total. The van der Waals surface area contributed by atoms with Crippen LogP contribution in [0, 0.1) is 11.3 Å². The second-order valence-electron chi connectivity index (χ2n) is 5.33. The zero-order chi connectivity index (χ0) is 17.2. The third-order valence-electron chi connectivity index (χ3n) is 3.71. The van der Waals surface area contributed by atoms with Crippen LogP contribution in [0.2, 0.25) is 0 Å². The topological polar surface area (TPSA) is 99.7 Å². The summed E-state index contributed by atoms with van der Waals surface area (Å²) in [7, 11) is 0. The predicted octanol–water partition coefficient (Wildman–Crippen LogP) is 2.95. The van der Waals surface area contributed by atoms with Gasteiger partial charge in [0.1, 0.15) is 23.8 Å². The number of phenolic OH excluding ortho intramolecular Hbond substituents is 1. The minimum Gasteiger partial charge on any atom is -0.508 e. The molecular weight excluding hydrogens is 316 g/mol. The number of nitrogens with one attached hydrogen (secondary N) is 1. The Morgan fingerprint density at radius 2 is 1.84 bits per heavy atom. The Hall–Kier alpha value is -3.92. The van der Waals surface area contributed by atoms with Crippen LogP contribution in [0.1, 0.15) is 5.69 Å². The van der Waals surface area contributed by atoms with Crippen molar-refractivity contribution >= 4 is 16.9 Å². The largest absolute Gasteiger partial charge is 0.508 e. The normalized spacial score (nSPS) is 10.5. The summed E-state index contributed by atoms with van der Waals surface area (Å²) in [5.41, 5.74) is 6.23. The van der Waals surface area contributed by atoms with E-state index < -0.39 is 0 Å². The molecule has 0 aliphatic rings. The lowest BCUT2D eigenvalue weighted by Gasteiger charge is -2.10. The third-order valence-corrected chi connectivity index (χ3v) is 3.71. The number of imidazole rings is 1. The zero-order valence-electron chi connectivity index (χ0n) is 13.0. The van der Waals surface area contributed by atoms with E-state index in [1.165, 1.54) is 6.20 Å². The number of para-hydroxylation sites is 2. The van der Waals surface area contributed by atoms with E-state index in [0.717, 1.165) is 11.0 Å². The number of phenols is 1. The smallest absolute Gasteiger partial charge is 0.166 e. The summed E-state index contributed by atoms with van der Waals surface area (Å²) in [5, 5.41) is 18.7. The van der Waals surface area contributed by atoms with Gasteiger partial charge in [0.05, 0.1) is 17.2 Å². The van der Waals surface area contributed by atoms with Crippen molar-refractivity contribution in [3.8, 4) is 23.1 Å². The Kier molecular flexibility index (Phi) is 3.48. The second kappa shape index (κ2) is 5.94. The van der Waals surface area contributed by atoms with Gasteiger partial charge >= 0.3 is 0 Å². The van der Waals surface area contributed by atoms with Gasteiger partial charge in [-0.25, -0.2) is 19.6 Å². The molecule has 0 spiro atoms. The Bertz CT molecular complexity index is 1090. The predicted molar refractivity (Wildman–Crippen MR) is 92.6 cm³/mol. The molecule has 4 rings (SSSR count). The van der Waals surface area contributed by atoms with Crippen LogP contribution < -0.4 is 5.43 Å². The highest BCUT2D eigenvalue weighted by Gasteiger charge is 2.11. The molecule has 0 amide bonds. The average Bonchev–Trinajstić information content (AvgIpc) is 3.05. The van der Waals surface area contributed by atoms with Crippen LogP contribution in [-0.2, 0) is 0 Å². The monoisotopic (exact) mass is 328 g/mol. The summed E-state index contributed by atoms with van der Waals surface area (Å²) in [6, 6.07) is 16.2. The molecule has 2 aromatic carbocycles. The molecule has 2 aromatic heterocycles. The van der Waals surface area contributed by atoms with Gasteiger partial charge in [0.25, 0.3) is 0 Å². The fourth-order valence-corrected chi connectivity index (χ4v) is 2.52. The van der Waals surface area contributed by atoms with Gasteiger partial charge in [0.2, 0.25) is 0 Å². The van der Waals surface area contributed by atoms with E-state index in [0.29, 0.717) is 17.1 Å². The Morgan fingerprint density at radius 3 is 2.64 bits per heavy atom. The van der Waals surface area contributed by atoms with Crippen molar-refractivity contribution in [3.63, 3.8) is 0 Å². The number of rotatable bonds is 3. The van der Waals surface area contributed by atoms with Crippen LogP contribution in [-0.4, -0.2) is 24.7 Å². The molecule has 0 bridgehead atoms. The van der Waals surface area contributed by atoms with E-state index >= 15 is 0 Å². The molecule has 120 valence electrons. The average molecular weight is 328 g/mol.